The van der Waals surface area contributed by atoms with Crippen molar-refractivity contribution < 1.29 is 0 Å². The fourth-order valence-electron chi connectivity index (χ4n) is 4.05. The summed E-state index contributed by atoms with van der Waals surface area (Å²) in [4.78, 5) is 9.69. The highest BCUT2D eigenvalue weighted by Gasteiger charge is 2.40. The molecule has 0 bridgehead atoms. The van der Waals surface area contributed by atoms with Crippen LogP contribution in [0.5, 0.6) is 0 Å². The Bertz CT molecular complexity index is 1120. The van der Waals surface area contributed by atoms with E-state index in [1.54, 1.807) is 0 Å². The minimum Gasteiger partial charge on any atom is -0.237 e. The molecule has 0 amide bonds. The van der Waals surface area contributed by atoms with Crippen LogP contribution in [0.3, 0.4) is 0 Å². The average molecular weight is 338 g/mol. The molecule has 0 saturated carbocycles. The lowest BCUT2D eigenvalue weighted by molar-refractivity contribution is 1.20. The number of aromatic nitrogens is 2. The van der Waals surface area contributed by atoms with Gasteiger partial charge in [0, 0.05) is 17.3 Å². The number of hydrogen-bond donors (Lipinski definition) is 0. The number of rotatable bonds is 1. The fourth-order valence-corrected chi connectivity index (χ4v) is 7.26. The molecular weight excluding hydrogens is 320 g/mol. The quantitative estimate of drug-likeness (QED) is 0.488. The number of benzene rings is 3. The Morgan fingerprint density at radius 1 is 0.800 bits per heavy atom. The van der Waals surface area contributed by atoms with Crippen molar-refractivity contribution in [3.8, 4) is 22.6 Å². The zero-order valence-corrected chi connectivity index (χ0v) is 15.3. The highest BCUT2D eigenvalue weighted by molar-refractivity contribution is 7.05. The van der Waals surface area contributed by atoms with E-state index in [0.717, 1.165) is 17.1 Å². The van der Waals surface area contributed by atoms with E-state index in [2.05, 4.69) is 67.8 Å². The smallest absolute Gasteiger partial charge is 0.159 e. The molecule has 0 aliphatic carbocycles. The third kappa shape index (κ3) is 2.02. The Hall–Kier alpha value is -2.78. The number of hydrogen-bond acceptors (Lipinski definition) is 2. The first kappa shape index (κ1) is 14.6. The van der Waals surface area contributed by atoms with Gasteiger partial charge in [0.15, 0.2) is 5.82 Å². The van der Waals surface area contributed by atoms with E-state index in [1.807, 2.05) is 18.2 Å². The third-order valence-corrected chi connectivity index (χ3v) is 8.80. The Kier molecular flexibility index (Phi) is 2.97. The molecule has 1 aliphatic heterocycles. The lowest BCUT2D eigenvalue weighted by atomic mass is 10.0. The van der Waals surface area contributed by atoms with Crippen LogP contribution in [-0.4, -0.2) is 18.0 Å². The van der Waals surface area contributed by atoms with Gasteiger partial charge in [0.05, 0.1) is 5.69 Å². The van der Waals surface area contributed by atoms with Crippen LogP contribution in [0, 0.1) is 0 Å². The van der Waals surface area contributed by atoms with Crippen molar-refractivity contribution in [3.63, 3.8) is 0 Å². The van der Waals surface area contributed by atoms with Gasteiger partial charge in [-0.25, -0.2) is 9.97 Å². The maximum atomic E-state index is 4.99. The normalized spacial score (nSPS) is 14.3. The molecule has 3 heteroatoms. The Morgan fingerprint density at radius 2 is 1.56 bits per heavy atom. The Balaban J connectivity index is 1.81. The number of nitrogens with zero attached hydrogens (tertiary/aromatic N) is 2. The minimum absolute atomic E-state index is 0.810. The summed E-state index contributed by atoms with van der Waals surface area (Å²) >= 11 is 0. The first-order valence-electron chi connectivity index (χ1n) is 8.62. The third-order valence-electron chi connectivity index (χ3n) is 5.30. The maximum Gasteiger partial charge on any atom is 0.159 e. The first-order valence-corrected chi connectivity index (χ1v) is 11.6. The van der Waals surface area contributed by atoms with Gasteiger partial charge in [0.25, 0.3) is 0 Å². The second kappa shape index (κ2) is 5.10. The minimum atomic E-state index is -1.79. The second-order valence-corrected chi connectivity index (χ2v) is 11.4. The molecule has 0 spiro atoms. The Labute approximate surface area is 148 Å². The van der Waals surface area contributed by atoms with Crippen LogP contribution < -0.4 is 10.4 Å². The molecular formula is C22H18N2Si. The van der Waals surface area contributed by atoms with Crippen LogP contribution in [0.25, 0.3) is 33.4 Å². The van der Waals surface area contributed by atoms with Crippen LogP contribution in [-0.2, 0) is 0 Å². The second-order valence-electron chi connectivity index (χ2n) is 7.16. The van der Waals surface area contributed by atoms with Crippen LogP contribution in [0.2, 0.25) is 13.1 Å². The van der Waals surface area contributed by atoms with Gasteiger partial charge in [-0.15, -0.1) is 0 Å². The summed E-state index contributed by atoms with van der Waals surface area (Å²) in [6, 6.07) is 23.4. The van der Waals surface area contributed by atoms with E-state index in [1.165, 1.54) is 26.7 Å². The van der Waals surface area contributed by atoms with Crippen molar-refractivity contribution in [2.45, 2.75) is 13.1 Å². The van der Waals surface area contributed by atoms with Gasteiger partial charge in [0.1, 0.15) is 8.07 Å². The molecule has 2 heterocycles. The van der Waals surface area contributed by atoms with Gasteiger partial charge in [-0.2, -0.15) is 0 Å². The van der Waals surface area contributed by atoms with Crippen molar-refractivity contribution in [2.75, 3.05) is 0 Å². The fraction of sp³-hybridized carbons (Fsp3) is 0.0909. The summed E-state index contributed by atoms with van der Waals surface area (Å²) in [5, 5.41) is 5.53. The molecule has 120 valence electrons. The van der Waals surface area contributed by atoms with Crippen LogP contribution >= 0.6 is 0 Å². The molecule has 0 fully saturated rings. The molecule has 25 heavy (non-hydrogen) atoms. The van der Waals surface area contributed by atoms with Gasteiger partial charge >= 0.3 is 0 Å². The molecule has 0 radical (unpaired) electrons. The molecule has 0 atom stereocenters. The Morgan fingerprint density at radius 3 is 2.40 bits per heavy atom. The van der Waals surface area contributed by atoms with Gasteiger partial charge in [-0.1, -0.05) is 79.8 Å². The van der Waals surface area contributed by atoms with Crippen molar-refractivity contribution in [1.29, 1.82) is 0 Å². The monoisotopic (exact) mass is 338 g/mol. The largest absolute Gasteiger partial charge is 0.237 e. The molecule has 1 aliphatic rings. The average Bonchev–Trinajstić information content (AvgIpc) is 2.90. The molecule has 1 aromatic heterocycles. The summed E-state index contributed by atoms with van der Waals surface area (Å²) in [7, 11) is -1.79. The molecule has 3 aromatic carbocycles. The standard InChI is InChI=1S/C22H18N2Si/c1-25(2)19-14-23-22(16-9-4-3-5-10-16)24-20(19)18-13-12-15-8-6-7-11-17(15)21(18)25/h3-14H,1-2H3. The summed E-state index contributed by atoms with van der Waals surface area (Å²) in [5.74, 6) is 0.810. The van der Waals surface area contributed by atoms with E-state index in [-0.39, 0.29) is 0 Å². The number of fused-ring (bicyclic) bond motifs is 5. The van der Waals surface area contributed by atoms with Crippen molar-refractivity contribution >= 4 is 29.2 Å². The predicted molar refractivity (Wildman–Crippen MR) is 107 cm³/mol. The van der Waals surface area contributed by atoms with Crippen LogP contribution in [0.15, 0.2) is 72.9 Å². The topological polar surface area (TPSA) is 25.8 Å². The summed E-state index contributed by atoms with van der Waals surface area (Å²) in [6.07, 6.45) is 2.08. The lowest BCUT2D eigenvalue weighted by Gasteiger charge is -2.19. The van der Waals surface area contributed by atoms with E-state index in [4.69, 9.17) is 9.97 Å². The van der Waals surface area contributed by atoms with Crippen molar-refractivity contribution in [1.82, 2.24) is 9.97 Å². The van der Waals surface area contributed by atoms with E-state index >= 15 is 0 Å². The molecule has 2 nitrogen and oxygen atoms in total. The predicted octanol–water partition coefficient (Wildman–Crippen LogP) is 4.10. The highest BCUT2D eigenvalue weighted by Crippen LogP contribution is 2.31. The van der Waals surface area contributed by atoms with Crippen molar-refractivity contribution in [3.05, 3.63) is 72.9 Å². The first-order chi connectivity index (χ1) is 12.2. The van der Waals surface area contributed by atoms with Gasteiger partial charge in [0.2, 0.25) is 0 Å². The van der Waals surface area contributed by atoms with Crippen molar-refractivity contribution in [2.24, 2.45) is 0 Å². The van der Waals surface area contributed by atoms with Crippen LogP contribution in [0.1, 0.15) is 0 Å². The SMILES string of the molecule is C[Si]1(C)c2cnc(-c3ccccc3)nc2-c2ccc3ccccc3c21. The summed E-state index contributed by atoms with van der Waals surface area (Å²) in [5.41, 5.74) is 3.50. The zero-order chi connectivity index (χ0) is 17.0. The van der Waals surface area contributed by atoms with Crippen LogP contribution in [0.4, 0.5) is 0 Å². The summed E-state index contributed by atoms with van der Waals surface area (Å²) < 4.78 is 0. The molecule has 4 aromatic rings. The highest BCUT2D eigenvalue weighted by atomic mass is 28.3. The molecule has 5 rings (SSSR count). The molecule has 0 N–H and O–H groups in total. The van der Waals surface area contributed by atoms with Gasteiger partial charge in [-0.3, -0.25) is 0 Å². The maximum absolute atomic E-state index is 4.99. The van der Waals surface area contributed by atoms with Gasteiger partial charge < -0.3 is 0 Å². The zero-order valence-electron chi connectivity index (χ0n) is 14.3. The molecule has 0 unspecified atom stereocenters. The molecule has 0 saturated heterocycles. The lowest BCUT2D eigenvalue weighted by Crippen LogP contribution is -2.49. The summed E-state index contributed by atoms with van der Waals surface area (Å²) in [6.45, 7) is 4.82. The van der Waals surface area contributed by atoms with E-state index in [0.29, 0.717) is 0 Å². The van der Waals surface area contributed by atoms with E-state index < -0.39 is 8.07 Å². The van der Waals surface area contributed by atoms with E-state index in [9.17, 15) is 0 Å². The van der Waals surface area contributed by atoms with Gasteiger partial charge in [-0.05, 0) is 21.1 Å².